The fourth-order valence-corrected chi connectivity index (χ4v) is 3.07. The fourth-order valence-electron chi connectivity index (χ4n) is 3.07. The van der Waals surface area contributed by atoms with Crippen molar-refractivity contribution in [3.8, 4) is 0 Å². The van der Waals surface area contributed by atoms with Gasteiger partial charge in [-0.3, -0.25) is 4.79 Å². The third-order valence-corrected chi connectivity index (χ3v) is 4.12. The second-order valence-corrected chi connectivity index (χ2v) is 5.22. The largest absolute Gasteiger partial charge is 0.390 e. The number of fused-ring (bicyclic) bond motifs is 1. The molecule has 3 rings (SSSR count). The van der Waals surface area contributed by atoms with Crippen molar-refractivity contribution in [2.75, 3.05) is 0 Å². The average molecular weight is 248 g/mol. The van der Waals surface area contributed by atoms with E-state index < -0.39 is 12.2 Å². The summed E-state index contributed by atoms with van der Waals surface area (Å²) in [5.74, 6) is -0.0532. The van der Waals surface area contributed by atoms with Crippen LogP contribution in [0.15, 0.2) is 17.2 Å². The van der Waals surface area contributed by atoms with Crippen LogP contribution in [0.5, 0.6) is 0 Å². The Morgan fingerprint density at radius 1 is 1.39 bits per heavy atom. The first-order chi connectivity index (χ1) is 8.59. The minimum Gasteiger partial charge on any atom is -0.390 e. The van der Waals surface area contributed by atoms with E-state index in [1.54, 1.807) is 0 Å². The number of aromatic amines is 1. The van der Waals surface area contributed by atoms with Gasteiger partial charge >= 0.3 is 0 Å². The fraction of sp³-hybridized carbons (Fsp3) is 0.538. The minimum absolute atomic E-state index is 0.0666. The Morgan fingerprint density at radius 3 is 2.83 bits per heavy atom. The summed E-state index contributed by atoms with van der Waals surface area (Å²) in [4.78, 5) is 18.4. The molecule has 0 aliphatic heterocycles. The molecule has 0 bridgehead atoms. The average Bonchev–Trinajstić information content (AvgIpc) is 2.88. The summed E-state index contributed by atoms with van der Waals surface area (Å²) < 4.78 is 0. The zero-order valence-electron chi connectivity index (χ0n) is 10.1. The van der Waals surface area contributed by atoms with Gasteiger partial charge in [0.15, 0.2) is 0 Å². The van der Waals surface area contributed by atoms with Gasteiger partial charge in [0.2, 0.25) is 0 Å². The van der Waals surface area contributed by atoms with E-state index in [9.17, 15) is 15.0 Å². The van der Waals surface area contributed by atoms with Gasteiger partial charge in [0.05, 0.1) is 24.2 Å². The maximum absolute atomic E-state index is 11.6. The highest BCUT2D eigenvalue weighted by atomic mass is 16.3. The molecule has 0 spiro atoms. The Morgan fingerprint density at radius 2 is 2.17 bits per heavy atom. The van der Waals surface area contributed by atoms with Crippen molar-refractivity contribution in [2.45, 2.75) is 32.0 Å². The summed E-state index contributed by atoms with van der Waals surface area (Å²) in [5.41, 5.74) is 2.14. The van der Waals surface area contributed by atoms with Crippen molar-refractivity contribution in [2.24, 2.45) is 11.8 Å². The molecule has 1 saturated carbocycles. The Hall–Kier alpha value is -1.46. The smallest absolute Gasteiger partial charge is 0.254 e. The SMILES string of the molecule is C[C@H]1C[C@@H](C2=CCc3c2nc[nH]c3=O)[C@@H](O)C1O. The molecule has 1 heterocycles. The van der Waals surface area contributed by atoms with Crippen LogP contribution in [0, 0.1) is 11.8 Å². The summed E-state index contributed by atoms with van der Waals surface area (Å²) in [6, 6.07) is 0. The molecule has 1 fully saturated rings. The molecule has 0 saturated heterocycles. The molecule has 1 aromatic heterocycles. The van der Waals surface area contributed by atoms with Gasteiger partial charge in [0.1, 0.15) is 0 Å². The highest BCUT2D eigenvalue weighted by molar-refractivity contribution is 5.72. The van der Waals surface area contributed by atoms with Crippen molar-refractivity contribution >= 4 is 5.57 Å². The lowest BCUT2D eigenvalue weighted by molar-refractivity contribution is 0.0152. The molecule has 1 unspecified atom stereocenters. The number of hydrogen-bond acceptors (Lipinski definition) is 4. The van der Waals surface area contributed by atoms with Crippen molar-refractivity contribution < 1.29 is 10.2 Å². The van der Waals surface area contributed by atoms with Crippen LogP contribution >= 0.6 is 0 Å². The molecule has 96 valence electrons. The standard InChI is InChI=1S/C13H16N2O3/c1-6-4-9(12(17)11(6)16)7-2-3-8-10(7)14-5-15-13(8)18/h2,5-6,9,11-12,16-17H,3-4H2,1H3,(H,14,15,18)/t6-,9-,11?,12+/m0/s1. The number of allylic oxidation sites excluding steroid dienone is 1. The lowest BCUT2D eigenvalue weighted by Crippen LogP contribution is -2.28. The minimum atomic E-state index is -0.765. The molecule has 5 nitrogen and oxygen atoms in total. The first-order valence-electron chi connectivity index (χ1n) is 6.22. The second-order valence-electron chi connectivity index (χ2n) is 5.22. The van der Waals surface area contributed by atoms with E-state index in [2.05, 4.69) is 9.97 Å². The van der Waals surface area contributed by atoms with E-state index in [0.717, 1.165) is 12.0 Å². The number of aliphatic hydroxyl groups excluding tert-OH is 2. The van der Waals surface area contributed by atoms with Crippen LogP contribution in [-0.4, -0.2) is 32.4 Å². The molecular weight excluding hydrogens is 232 g/mol. The van der Waals surface area contributed by atoms with Gasteiger partial charge in [-0.25, -0.2) is 4.98 Å². The number of rotatable bonds is 1. The summed E-state index contributed by atoms with van der Waals surface area (Å²) in [5, 5.41) is 19.9. The van der Waals surface area contributed by atoms with E-state index in [4.69, 9.17) is 0 Å². The van der Waals surface area contributed by atoms with Crippen LogP contribution in [-0.2, 0) is 6.42 Å². The molecule has 3 N–H and O–H groups in total. The van der Waals surface area contributed by atoms with Crippen LogP contribution in [0.1, 0.15) is 24.6 Å². The quantitative estimate of drug-likeness (QED) is 0.657. The predicted molar refractivity (Wildman–Crippen MR) is 65.8 cm³/mol. The van der Waals surface area contributed by atoms with Gasteiger partial charge in [-0.2, -0.15) is 0 Å². The van der Waals surface area contributed by atoms with Gasteiger partial charge in [0.25, 0.3) is 5.56 Å². The topological polar surface area (TPSA) is 86.2 Å². The Labute approximate surface area is 104 Å². The van der Waals surface area contributed by atoms with E-state index in [0.29, 0.717) is 17.7 Å². The van der Waals surface area contributed by atoms with Gasteiger partial charge in [-0.05, 0) is 24.3 Å². The lowest BCUT2D eigenvalue weighted by atomic mass is 9.93. The summed E-state index contributed by atoms with van der Waals surface area (Å²) in [6.45, 7) is 1.93. The monoisotopic (exact) mass is 248 g/mol. The van der Waals surface area contributed by atoms with Gasteiger partial charge in [0, 0.05) is 11.5 Å². The van der Waals surface area contributed by atoms with Crippen LogP contribution in [0.3, 0.4) is 0 Å². The molecule has 2 aliphatic rings. The van der Waals surface area contributed by atoms with Crippen molar-refractivity contribution in [3.05, 3.63) is 34.0 Å². The van der Waals surface area contributed by atoms with Gasteiger partial charge < -0.3 is 15.2 Å². The zero-order chi connectivity index (χ0) is 12.9. The maximum Gasteiger partial charge on any atom is 0.254 e. The molecule has 5 heteroatoms. The molecule has 0 radical (unpaired) electrons. The molecule has 18 heavy (non-hydrogen) atoms. The summed E-state index contributed by atoms with van der Waals surface area (Å²) in [6.07, 6.45) is 3.16. The predicted octanol–water partition coefficient (Wildman–Crippen LogP) is 0.0872. The highest BCUT2D eigenvalue weighted by Crippen LogP contribution is 2.42. The van der Waals surface area contributed by atoms with E-state index in [1.165, 1.54) is 6.33 Å². The third-order valence-electron chi connectivity index (χ3n) is 4.12. The molecule has 4 atom stereocenters. The van der Waals surface area contributed by atoms with Gasteiger partial charge in [-0.15, -0.1) is 0 Å². The molecule has 1 aromatic rings. The molecular formula is C13H16N2O3. The van der Waals surface area contributed by atoms with Crippen molar-refractivity contribution in [1.82, 2.24) is 9.97 Å². The Kier molecular flexibility index (Phi) is 2.60. The van der Waals surface area contributed by atoms with Crippen LogP contribution < -0.4 is 5.56 Å². The number of hydrogen-bond donors (Lipinski definition) is 3. The highest BCUT2D eigenvalue weighted by Gasteiger charge is 2.42. The van der Waals surface area contributed by atoms with Crippen LogP contribution in [0.25, 0.3) is 5.57 Å². The number of aromatic nitrogens is 2. The second kappa shape index (κ2) is 4.03. The molecule has 0 amide bonds. The van der Waals surface area contributed by atoms with Crippen LogP contribution in [0.4, 0.5) is 0 Å². The van der Waals surface area contributed by atoms with E-state index in [1.807, 2.05) is 13.0 Å². The Balaban J connectivity index is 1.98. The first kappa shape index (κ1) is 11.6. The number of nitrogens with zero attached hydrogens (tertiary/aromatic N) is 1. The first-order valence-corrected chi connectivity index (χ1v) is 6.22. The molecule has 0 aromatic carbocycles. The summed E-state index contributed by atoms with van der Waals surface area (Å²) >= 11 is 0. The maximum atomic E-state index is 11.6. The van der Waals surface area contributed by atoms with E-state index in [-0.39, 0.29) is 17.4 Å². The number of nitrogens with one attached hydrogen (secondary N) is 1. The zero-order valence-corrected chi connectivity index (χ0v) is 10.1. The van der Waals surface area contributed by atoms with Crippen molar-refractivity contribution in [3.63, 3.8) is 0 Å². The Bertz CT molecular complexity index is 564. The number of H-pyrrole nitrogens is 1. The van der Waals surface area contributed by atoms with E-state index >= 15 is 0 Å². The molecule has 2 aliphatic carbocycles. The van der Waals surface area contributed by atoms with Crippen molar-refractivity contribution in [1.29, 1.82) is 0 Å². The number of aliphatic hydroxyl groups is 2. The summed E-state index contributed by atoms with van der Waals surface area (Å²) in [7, 11) is 0. The van der Waals surface area contributed by atoms with Crippen LogP contribution in [0.2, 0.25) is 0 Å². The third kappa shape index (κ3) is 1.54. The lowest BCUT2D eigenvalue weighted by Gasteiger charge is -2.18. The normalized spacial score (nSPS) is 34.5. The van der Waals surface area contributed by atoms with Gasteiger partial charge in [-0.1, -0.05) is 13.0 Å².